The number of hydrogen-bond acceptors (Lipinski definition) is 13. The maximum Gasteiger partial charge on any atom is 0.481 e. The van der Waals surface area contributed by atoms with Crippen molar-refractivity contribution in [2.75, 3.05) is 31.4 Å². The largest absolute Gasteiger partial charge is 0.481 e. The molecule has 1 saturated heterocycles. The summed E-state index contributed by atoms with van der Waals surface area (Å²) in [5.41, 5.74) is 4.66. The Kier molecular flexibility index (Phi) is 8.67. The van der Waals surface area contributed by atoms with E-state index in [1.165, 1.54) is 0 Å². The molecule has 3 heterocycles. The molecular weight excluding hydrogens is 542 g/mol. The zero-order valence-corrected chi connectivity index (χ0v) is 20.0. The molecule has 6 unspecified atom stereocenters. The fourth-order valence-electron chi connectivity index (χ4n) is 2.97. The molecule has 1 aliphatic heterocycles. The number of aliphatic hydroxyl groups is 2. The van der Waals surface area contributed by atoms with Crippen LogP contribution in [0.1, 0.15) is 6.23 Å². The van der Waals surface area contributed by atoms with Gasteiger partial charge < -0.3 is 35.8 Å². The van der Waals surface area contributed by atoms with Crippen LogP contribution in [-0.4, -0.2) is 89.4 Å². The number of hydrogen-bond donors (Lipinski definition) is 7. The fraction of sp³-hybridized carbons (Fsp3) is 0.571. The van der Waals surface area contributed by atoms with E-state index in [-0.39, 0.29) is 29.5 Å². The predicted octanol–water partition coefficient (Wildman–Crippen LogP) is -2.07. The summed E-state index contributed by atoms with van der Waals surface area (Å²) in [6.07, 6.45) is -4.98. The van der Waals surface area contributed by atoms with Gasteiger partial charge in [-0.15, -0.1) is 11.6 Å². The quantitative estimate of drug-likeness (QED) is 0.0879. The number of nitrogens with zero attached hydrogens (tertiary/aromatic N) is 3. The summed E-state index contributed by atoms with van der Waals surface area (Å²) in [7, 11) is -10.3. The van der Waals surface area contributed by atoms with Crippen LogP contribution in [0.25, 0.3) is 11.2 Å². The summed E-state index contributed by atoms with van der Waals surface area (Å²) in [5, 5.41) is 22.8. The van der Waals surface area contributed by atoms with Crippen molar-refractivity contribution in [1.29, 1.82) is 0 Å². The van der Waals surface area contributed by atoms with Crippen molar-refractivity contribution in [1.82, 2.24) is 24.8 Å². The highest BCUT2D eigenvalue weighted by atomic mass is 35.5. The zero-order chi connectivity index (χ0) is 26.0. The number of nitrogens with two attached hydrogens (primary N) is 1. The number of rotatable bonds is 11. The standard InChI is InChI=1S/C14H21ClN6O12P2/c15-3-7(22)17-1-2-30-34(26,27)33-35(28,29)31-4-6-9(23)10(24)13(32-6)21-5-18-8-11(21)19-14(16)20-12(8)25/h5-6,9-10,13,23-24H,1-4H2,(H,17,22)(H,26,27)(H,28,29)(H3,16,19,20,25). The number of alkyl halides is 1. The first-order valence-electron chi connectivity index (χ1n) is 9.56. The van der Waals surface area contributed by atoms with Gasteiger partial charge in [0, 0.05) is 6.54 Å². The average molecular weight is 563 g/mol. The van der Waals surface area contributed by atoms with Crippen molar-refractivity contribution in [2.24, 2.45) is 0 Å². The van der Waals surface area contributed by atoms with Crippen LogP contribution < -0.4 is 16.6 Å². The van der Waals surface area contributed by atoms with Crippen LogP contribution >= 0.6 is 27.2 Å². The molecule has 196 valence electrons. The van der Waals surface area contributed by atoms with Gasteiger partial charge in [-0.25, -0.2) is 14.1 Å². The van der Waals surface area contributed by atoms with Crippen LogP contribution in [0.2, 0.25) is 0 Å². The Balaban J connectivity index is 1.60. The first kappa shape index (κ1) is 27.6. The Bertz CT molecular complexity index is 1220. The molecule has 0 spiro atoms. The molecule has 8 N–H and O–H groups in total. The Morgan fingerprint density at radius 2 is 1.97 bits per heavy atom. The lowest BCUT2D eigenvalue weighted by Crippen LogP contribution is -2.33. The first-order valence-corrected chi connectivity index (χ1v) is 13.1. The van der Waals surface area contributed by atoms with Crippen LogP contribution in [0.4, 0.5) is 5.95 Å². The lowest BCUT2D eigenvalue weighted by atomic mass is 10.1. The highest BCUT2D eigenvalue weighted by molar-refractivity contribution is 7.61. The normalized spacial score (nSPS) is 25.9. The highest BCUT2D eigenvalue weighted by Crippen LogP contribution is 2.60. The minimum absolute atomic E-state index is 0.0687. The molecular formula is C14H21ClN6O12P2. The SMILES string of the molecule is Nc1nc2c(ncn2C2OC(COP(=O)(O)OP(=O)(O)OCCNC(=O)CCl)C(O)C2O)c(=O)[nH]1. The monoisotopic (exact) mass is 562 g/mol. The number of H-pyrrole nitrogens is 1. The maximum absolute atomic E-state index is 12.1. The Morgan fingerprint density at radius 1 is 1.29 bits per heavy atom. The van der Waals surface area contributed by atoms with Crippen molar-refractivity contribution in [3.8, 4) is 0 Å². The van der Waals surface area contributed by atoms with Crippen LogP contribution in [0.3, 0.4) is 0 Å². The van der Waals surface area contributed by atoms with Gasteiger partial charge in [0.1, 0.15) is 24.2 Å². The van der Waals surface area contributed by atoms with E-state index in [1.807, 2.05) is 0 Å². The van der Waals surface area contributed by atoms with E-state index in [1.54, 1.807) is 0 Å². The molecule has 0 bridgehead atoms. The number of phosphoric acid groups is 2. The van der Waals surface area contributed by atoms with Crippen molar-refractivity contribution in [2.45, 2.75) is 24.5 Å². The third-order valence-corrected chi connectivity index (χ3v) is 7.35. The summed E-state index contributed by atoms with van der Waals surface area (Å²) in [5.74, 6) is -1.17. The number of ether oxygens (including phenoxy) is 1. The summed E-state index contributed by atoms with van der Waals surface area (Å²) >= 11 is 5.25. The summed E-state index contributed by atoms with van der Waals surface area (Å²) in [6.45, 7) is -1.68. The summed E-state index contributed by atoms with van der Waals surface area (Å²) in [6, 6.07) is 0. The molecule has 2 aromatic heterocycles. The predicted molar refractivity (Wildman–Crippen MR) is 115 cm³/mol. The Morgan fingerprint density at radius 3 is 2.66 bits per heavy atom. The van der Waals surface area contributed by atoms with Crippen LogP contribution in [-0.2, 0) is 32.0 Å². The number of aliphatic hydroxyl groups excluding tert-OH is 2. The maximum atomic E-state index is 12.1. The number of anilines is 1. The van der Waals surface area contributed by atoms with Gasteiger partial charge in [0.25, 0.3) is 5.56 Å². The van der Waals surface area contributed by atoms with E-state index in [4.69, 9.17) is 22.1 Å². The molecule has 35 heavy (non-hydrogen) atoms. The van der Waals surface area contributed by atoms with Gasteiger partial charge in [-0.2, -0.15) is 9.29 Å². The number of imidazole rings is 1. The van der Waals surface area contributed by atoms with Crippen molar-refractivity contribution in [3.05, 3.63) is 16.7 Å². The second-order valence-corrected chi connectivity index (χ2v) is 10.3. The smallest absolute Gasteiger partial charge is 0.387 e. The van der Waals surface area contributed by atoms with E-state index in [0.717, 1.165) is 10.9 Å². The number of fused-ring (bicyclic) bond motifs is 1. The highest BCUT2D eigenvalue weighted by Gasteiger charge is 2.46. The number of amides is 1. The molecule has 1 aliphatic rings. The molecule has 0 radical (unpaired) electrons. The van der Waals surface area contributed by atoms with Crippen LogP contribution in [0.5, 0.6) is 0 Å². The number of aromatic nitrogens is 4. The van der Waals surface area contributed by atoms with Gasteiger partial charge in [0.2, 0.25) is 11.9 Å². The zero-order valence-electron chi connectivity index (χ0n) is 17.5. The van der Waals surface area contributed by atoms with Crippen molar-refractivity contribution < 1.29 is 52.0 Å². The Labute approximate surface area is 200 Å². The third-order valence-electron chi connectivity index (χ3n) is 4.47. The minimum atomic E-state index is -5.23. The molecule has 0 aromatic carbocycles. The number of nitrogen functional groups attached to an aromatic ring is 1. The second-order valence-electron chi connectivity index (χ2n) is 6.95. The molecule has 6 atom stereocenters. The van der Waals surface area contributed by atoms with E-state index in [9.17, 15) is 38.7 Å². The lowest BCUT2D eigenvalue weighted by Gasteiger charge is -2.19. The number of nitrogens with one attached hydrogen (secondary N) is 2. The van der Waals surface area contributed by atoms with E-state index >= 15 is 0 Å². The van der Waals surface area contributed by atoms with E-state index < -0.39 is 64.9 Å². The molecule has 0 aliphatic carbocycles. The molecule has 2 aromatic rings. The van der Waals surface area contributed by atoms with Gasteiger partial charge in [-0.05, 0) is 0 Å². The number of carbonyl (C=O) groups is 1. The first-order chi connectivity index (χ1) is 16.3. The second kappa shape index (κ2) is 11.0. The van der Waals surface area contributed by atoms with Crippen LogP contribution in [0, 0.1) is 0 Å². The van der Waals surface area contributed by atoms with Gasteiger partial charge in [0.15, 0.2) is 17.4 Å². The number of aromatic amines is 1. The van der Waals surface area contributed by atoms with Crippen LogP contribution in [0.15, 0.2) is 11.1 Å². The summed E-state index contributed by atoms with van der Waals surface area (Å²) < 4.78 is 43.6. The molecule has 21 heteroatoms. The number of carbonyl (C=O) groups excluding carboxylic acids is 1. The van der Waals surface area contributed by atoms with Gasteiger partial charge in [0.05, 0.1) is 19.5 Å². The summed E-state index contributed by atoms with van der Waals surface area (Å²) in [4.78, 5) is 52.2. The van der Waals surface area contributed by atoms with E-state index in [2.05, 4.69) is 33.6 Å². The van der Waals surface area contributed by atoms with Crippen molar-refractivity contribution >= 4 is 50.3 Å². The number of phosphoric ester groups is 2. The fourth-order valence-corrected chi connectivity index (χ4v) is 5.14. The van der Waals surface area contributed by atoms with Crippen molar-refractivity contribution in [3.63, 3.8) is 0 Å². The average Bonchev–Trinajstić information content (AvgIpc) is 3.30. The van der Waals surface area contributed by atoms with Gasteiger partial charge in [-0.3, -0.25) is 28.2 Å². The van der Waals surface area contributed by atoms with Gasteiger partial charge in [-0.1, -0.05) is 0 Å². The molecule has 3 rings (SSSR count). The minimum Gasteiger partial charge on any atom is -0.387 e. The molecule has 1 amide bonds. The number of halogens is 1. The molecule has 0 saturated carbocycles. The van der Waals surface area contributed by atoms with E-state index in [0.29, 0.717) is 0 Å². The topological polar surface area (TPSA) is 271 Å². The molecule has 18 nitrogen and oxygen atoms in total. The van der Waals surface area contributed by atoms with Gasteiger partial charge >= 0.3 is 15.6 Å². The lowest BCUT2D eigenvalue weighted by molar-refractivity contribution is -0.118. The Hall–Kier alpha value is -1.95. The molecule has 1 fully saturated rings. The third kappa shape index (κ3) is 6.84.